The monoisotopic (exact) mass is 567 g/mol. The molecule has 1 aromatic heterocycles. The van der Waals surface area contributed by atoms with Gasteiger partial charge in [-0.3, -0.25) is 9.59 Å². The number of piperazine rings is 1. The molecule has 4 aromatic rings. The van der Waals surface area contributed by atoms with E-state index in [2.05, 4.69) is 20.4 Å². The first-order valence-electron chi connectivity index (χ1n) is 11.9. The predicted octanol–water partition coefficient (Wildman–Crippen LogP) is 5.74. The summed E-state index contributed by atoms with van der Waals surface area (Å²) in [6.45, 7) is 2.63. The molecule has 2 amide bonds. The van der Waals surface area contributed by atoms with Gasteiger partial charge in [-0.2, -0.15) is 0 Å². The minimum atomic E-state index is -0.183. The van der Waals surface area contributed by atoms with Gasteiger partial charge in [-0.1, -0.05) is 53.2 Å². The van der Waals surface area contributed by atoms with Crippen molar-refractivity contribution in [3.63, 3.8) is 0 Å². The molecule has 11 heteroatoms. The molecular formula is C27H23Cl2N5O3S. The summed E-state index contributed by atoms with van der Waals surface area (Å²) in [4.78, 5) is 29.3. The topological polar surface area (TPSA) is 91.6 Å². The Balaban J connectivity index is 1.09. The van der Waals surface area contributed by atoms with Gasteiger partial charge in [-0.05, 0) is 54.6 Å². The number of nitrogens with one attached hydrogen (secondary N) is 1. The normalized spacial score (nSPS) is 13.4. The number of anilines is 2. The summed E-state index contributed by atoms with van der Waals surface area (Å²) < 4.78 is 5.63. The molecule has 0 atom stereocenters. The number of thioether (sulfide) groups is 1. The van der Waals surface area contributed by atoms with Crippen molar-refractivity contribution in [3.05, 3.63) is 88.4 Å². The largest absolute Gasteiger partial charge is 0.411 e. The molecule has 1 aliphatic rings. The lowest BCUT2D eigenvalue weighted by Crippen LogP contribution is -2.48. The minimum Gasteiger partial charge on any atom is -0.411 e. The third kappa shape index (κ3) is 6.30. The molecule has 1 aliphatic heterocycles. The lowest BCUT2D eigenvalue weighted by molar-refractivity contribution is -0.113. The van der Waals surface area contributed by atoms with Crippen LogP contribution in [0.2, 0.25) is 10.0 Å². The summed E-state index contributed by atoms with van der Waals surface area (Å²) in [5, 5.41) is 12.2. The van der Waals surface area contributed by atoms with Gasteiger partial charge in [0.2, 0.25) is 11.8 Å². The fraction of sp³-hybridized carbons (Fsp3) is 0.185. The number of nitrogens with zero attached hydrogens (tertiary/aromatic N) is 4. The van der Waals surface area contributed by atoms with E-state index in [0.717, 1.165) is 23.0 Å². The number of amides is 2. The van der Waals surface area contributed by atoms with E-state index < -0.39 is 0 Å². The Kier molecular flexibility index (Phi) is 8.17. The van der Waals surface area contributed by atoms with Crippen molar-refractivity contribution in [1.29, 1.82) is 0 Å². The van der Waals surface area contributed by atoms with Gasteiger partial charge in [0, 0.05) is 48.1 Å². The van der Waals surface area contributed by atoms with E-state index in [1.165, 1.54) is 0 Å². The van der Waals surface area contributed by atoms with Crippen LogP contribution in [0.15, 0.2) is 82.4 Å². The molecule has 0 spiro atoms. The molecule has 0 radical (unpaired) electrons. The first-order valence-corrected chi connectivity index (χ1v) is 13.6. The van der Waals surface area contributed by atoms with Crippen molar-refractivity contribution in [2.45, 2.75) is 5.22 Å². The van der Waals surface area contributed by atoms with Crippen LogP contribution in [-0.2, 0) is 4.79 Å². The van der Waals surface area contributed by atoms with Gasteiger partial charge in [0.05, 0.1) is 16.3 Å². The van der Waals surface area contributed by atoms with Gasteiger partial charge < -0.3 is 19.5 Å². The summed E-state index contributed by atoms with van der Waals surface area (Å²) in [5.41, 5.74) is 2.97. The molecule has 38 heavy (non-hydrogen) atoms. The van der Waals surface area contributed by atoms with Gasteiger partial charge in [-0.15, -0.1) is 10.2 Å². The van der Waals surface area contributed by atoms with Crippen LogP contribution in [0.4, 0.5) is 11.4 Å². The van der Waals surface area contributed by atoms with Crippen molar-refractivity contribution in [1.82, 2.24) is 15.1 Å². The maximum atomic E-state index is 12.8. The first kappa shape index (κ1) is 26.1. The zero-order chi connectivity index (χ0) is 26.5. The van der Waals surface area contributed by atoms with Crippen molar-refractivity contribution in [2.75, 3.05) is 42.1 Å². The summed E-state index contributed by atoms with van der Waals surface area (Å²) in [5.74, 6) is 0.241. The van der Waals surface area contributed by atoms with Crippen molar-refractivity contribution in [2.24, 2.45) is 0 Å². The molecule has 0 saturated carbocycles. The van der Waals surface area contributed by atoms with E-state index in [1.54, 1.807) is 30.3 Å². The molecule has 1 saturated heterocycles. The SMILES string of the molecule is O=C(CSc1nnc(-c2cccc(Cl)c2)o1)Nc1ccc(N2CCN(C(=O)c3ccccc3Cl)CC2)cc1. The Morgan fingerprint density at radius 3 is 2.42 bits per heavy atom. The summed E-state index contributed by atoms with van der Waals surface area (Å²) in [6.07, 6.45) is 0. The number of carbonyl (C=O) groups is 2. The second kappa shape index (κ2) is 11.9. The number of hydrogen-bond donors (Lipinski definition) is 1. The number of carbonyl (C=O) groups excluding carboxylic acids is 2. The average molecular weight is 568 g/mol. The predicted molar refractivity (Wildman–Crippen MR) is 150 cm³/mol. The number of hydrogen-bond acceptors (Lipinski definition) is 7. The van der Waals surface area contributed by atoms with E-state index in [1.807, 2.05) is 47.4 Å². The molecule has 1 fully saturated rings. The third-order valence-corrected chi connectivity index (χ3v) is 7.38. The zero-order valence-electron chi connectivity index (χ0n) is 20.1. The van der Waals surface area contributed by atoms with Crippen LogP contribution >= 0.6 is 35.0 Å². The van der Waals surface area contributed by atoms with E-state index in [-0.39, 0.29) is 17.6 Å². The fourth-order valence-electron chi connectivity index (χ4n) is 4.06. The van der Waals surface area contributed by atoms with Gasteiger partial charge in [0.25, 0.3) is 11.1 Å². The Hall–Kier alpha value is -3.53. The van der Waals surface area contributed by atoms with E-state index >= 15 is 0 Å². The molecule has 194 valence electrons. The van der Waals surface area contributed by atoms with Crippen LogP contribution in [0.5, 0.6) is 0 Å². The van der Waals surface area contributed by atoms with Crippen molar-refractivity contribution in [3.8, 4) is 11.5 Å². The van der Waals surface area contributed by atoms with Gasteiger partial charge >= 0.3 is 0 Å². The highest BCUT2D eigenvalue weighted by Crippen LogP contribution is 2.26. The minimum absolute atomic E-state index is 0.0487. The lowest BCUT2D eigenvalue weighted by Gasteiger charge is -2.36. The number of benzene rings is 3. The first-order chi connectivity index (χ1) is 18.5. The highest BCUT2D eigenvalue weighted by Gasteiger charge is 2.23. The summed E-state index contributed by atoms with van der Waals surface area (Å²) >= 11 is 13.4. The maximum Gasteiger partial charge on any atom is 0.277 e. The average Bonchev–Trinajstić information content (AvgIpc) is 3.42. The second-order valence-electron chi connectivity index (χ2n) is 8.53. The van der Waals surface area contributed by atoms with E-state index in [9.17, 15) is 9.59 Å². The Morgan fingerprint density at radius 1 is 0.921 bits per heavy atom. The molecule has 1 N–H and O–H groups in total. The Bertz CT molecular complexity index is 1440. The molecule has 0 aliphatic carbocycles. The smallest absolute Gasteiger partial charge is 0.277 e. The van der Waals surface area contributed by atoms with Gasteiger partial charge in [-0.25, -0.2) is 0 Å². The number of halogens is 2. The summed E-state index contributed by atoms with van der Waals surface area (Å²) in [6, 6.07) is 21.9. The standard InChI is InChI=1S/C27H23Cl2N5O3S/c28-19-5-3-4-18(16-19)25-31-32-27(37-25)38-17-24(35)30-20-8-10-21(11-9-20)33-12-14-34(15-13-33)26(36)22-6-1-2-7-23(22)29/h1-11,16H,12-15,17H2,(H,30,35). The van der Waals surface area contributed by atoms with Crippen LogP contribution in [0, 0.1) is 0 Å². The molecule has 5 rings (SSSR count). The molecule has 0 bridgehead atoms. The molecular weight excluding hydrogens is 545 g/mol. The summed E-state index contributed by atoms with van der Waals surface area (Å²) in [7, 11) is 0. The van der Waals surface area contributed by atoms with Crippen LogP contribution in [0.1, 0.15) is 10.4 Å². The molecule has 0 unspecified atom stereocenters. The second-order valence-corrected chi connectivity index (χ2v) is 10.3. The zero-order valence-corrected chi connectivity index (χ0v) is 22.5. The highest BCUT2D eigenvalue weighted by molar-refractivity contribution is 7.99. The van der Waals surface area contributed by atoms with E-state index in [0.29, 0.717) is 58.6 Å². The number of rotatable bonds is 7. The lowest BCUT2D eigenvalue weighted by atomic mass is 10.1. The number of aromatic nitrogens is 2. The third-order valence-electron chi connectivity index (χ3n) is 5.99. The van der Waals surface area contributed by atoms with E-state index in [4.69, 9.17) is 27.6 Å². The van der Waals surface area contributed by atoms with Gasteiger partial charge in [0.1, 0.15) is 0 Å². The van der Waals surface area contributed by atoms with Crippen LogP contribution in [-0.4, -0.2) is 58.8 Å². The van der Waals surface area contributed by atoms with Crippen LogP contribution in [0.3, 0.4) is 0 Å². The Morgan fingerprint density at radius 2 is 1.68 bits per heavy atom. The fourth-order valence-corrected chi connectivity index (χ4v) is 5.03. The molecule has 3 aromatic carbocycles. The molecule has 8 nitrogen and oxygen atoms in total. The molecule has 2 heterocycles. The maximum absolute atomic E-state index is 12.8. The van der Waals surface area contributed by atoms with Crippen LogP contribution < -0.4 is 10.2 Å². The Labute approximate surface area is 233 Å². The van der Waals surface area contributed by atoms with Crippen molar-refractivity contribution < 1.29 is 14.0 Å². The van der Waals surface area contributed by atoms with Crippen LogP contribution in [0.25, 0.3) is 11.5 Å². The quantitative estimate of drug-likeness (QED) is 0.285. The highest BCUT2D eigenvalue weighted by atomic mass is 35.5. The van der Waals surface area contributed by atoms with Gasteiger partial charge in [0.15, 0.2) is 0 Å². The van der Waals surface area contributed by atoms with Crippen molar-refractivity contribution >= 4 is 58.2 Å².